The van der Waals surface area contributed by atoms with E-state index in [0.717, 1.165) is 32.1 Å². The van der Waals surface area contributed by atoms with E-state index in [-0.39, 0.29) is 11.9 Å². The van der Waals surface area contributed by atoms with Gasteiger partial charge in [0.15, 0.2) is 0 Å². The molecule has 1 unspecified atom stereocenters. The third-order valence-corrected chi connectivity index (χ3v) is 3.23. The quantitative estimate of drug-likeness (QED) is 0.440. The van der Waals surface area contributed by atoms with Crippen LogP contribution in [0.25, 0.3) is 0 Å². The zero-order valence-electron chi connectivity index (χ0n) is 13.4. The van der Waals surface area contributed by atoms with Gasteiger partial charge in [0.1, 0.15) is 6.04 Å². The Morgan fingerprint density at radius 1 is 0.950 bits per heavy atom. The molecule has 0 heterocycles. The zero-order chi connectivity index (χ0) is 15.2. The van der Waals surface area contributed by atoms with E-state index in [1.165, 1.54) is 19.3 Å². The van der Waals surface area contributed by atoms with Gasteiger partial charge in [0.2, 0.25) is 5.91 Å². The molecule has 0 spiro atoms. The number of carbonyl (C=O) groups excluding carboxylic acids is 2. The molecule has 0 aromatic rings. The Labute approximate surface area is 123 Å². The van der Waals surface area contributed by atoms with Gasteiger partial charge in [-0.05, 0) is 19.8 Å². The lowest BCUT2D eigenvalue weighted by atomic mass is 10.1. The summed E-state index contributed by atoms with van der Waals surface area (Å²) in [4.78, 5) is 23.3. The number of hydrogen-bond donors (Lipinski definition) is 1. The molecule has 0 fully saturated rings. The van der Waals surface area contributed by atoms with Gasteiger partial charge in [-0.15, -0.1) is 0 Å². The molecule has 0 saturated heterocycles. The van der Waals surface area contributed by atoms with Crippen molar-refractivity contribution in [1.82, 2.24) is 5.32 Å². The van der Waals surface area contributed by atoms with E-state index in [1.807, 2.05) is 0 Å². The molecule has 0 aliphatic carbocycles. The summed E-state index contributed by atoms with van der Waals surface area (Å²) >= 11 is 0. The van der Waals surface area contributed by atoms with E-state index >= 15 is 0 Å². The van der Waals surface area contributed by atoms with E-state index < -0.39 is 6.04 Å². The molecule has 118 valence electrons. The van der Waals surface area contributed by atoms with Crippen molar-refractivity contribution in [3.05, 3.63) is 0 Å². The Morgan fingerprint density at radius 3 is 2.20 bits per heavy atom. The second kappa shape index (κ2) is 12.9. The lowest BCUT2D eigenvalue weighted by Crippen LogP contribution is -2.39. The van der Waals surface area contributed by atoms with Gasteiger partial charge in [-0.25, -0.2) is 4.79 Å². The predicted octanol–water partition coefficient (Wildman–Crippen LogP) is 3.59. The molecule has 0 aliphatic rings. The lowest BCUT2D eigenvalue weighted by Gasteiger charge is -2.13. The van der Waals surface area contributed by atoms with Crippen LogP contribution < -0.4 is 5.32 Å². The van der Waals surface area contributed by atoms with Crippen molar-refractivity contribution in [3.8, 4) is 0 Å². The van der Waals surface area contributed by atoms with Gasteiger partial charge in [0.05, 0.1) is 6.61 Å². The number of esters is 1. The number of amides is 1. The molecular formula is C16H31NO3. The maximum absolute atomic E-state index is 11.6. The monoisotopic (exact) mass is 285 g/mol. The number of ether oxygens (including phenoxy) is 1. The van der Waals surface area contributed by atoms with Crippen LogP contribution in [0, 0.1) is 0 Å². The van der Waals surface area contributed by atoms with Crippen LogP contribution in [0.5, 0.6) is 0 Å². The van der Waals surface area contributed by atoms with Crippen LogP contribution >= 0.6 is 0 Å². The van der Waals surface area contributed by atoms with Gasteiger partial charge in [-0.2, -0.15) is 0 Å². The number of unbranched alkanes of at least 4 members (excludes halogenated alkanes) is 6. The second-order valence-electron chi connectivity index (χ2n) is 5.33. The highest BCUT2D eigenvalue weighted by atomic mass is 16.5. The number of rotatable bonds is 12. The van der Waals surface area contributed by atoms with Gasteiger partial charge in [-0.1, -0.05) is 52.4 Å². The average Bonchev–Trinajstić information content (AvgIpc) is 2.43. The van der Waals surface area contributed by atoms with Gasteiger partial charge in [0.25, 0.3) is 0 Å². The largest absolute Gasteiger partial charge is 0.464 e. The number of hydrogen-bond acceptors (Lipinski definition) is 3. The summed E-state index contributed by atoms with van der Waals surface area (Å²) < 4.78 is 5.11. The first-order valence-electron chi connectivity index (χ1n) is 8.07. The fourth-order valence-corrected chi connectivity index (χ4v) is 1.91. The maximum Gasteiger partial charge on any atom is 0.328 e. The van der Waals surface area contributed by atoms with Crippen molar-refractivity contribution in [2.75, 3.05) is 6.61 Å². The topological polar surface area (TPSA) is 55.4 Å². The van der Waals surface area contributed by atoms with Crippen LogP contribution in [0.3, 0.4) is 0 Å². The molecule has 1 N–H and O–H groups in total. The van der Waals surface area contributed by atoms with Crippen molar-refractivity contribution in [1.29, 1.82) is 0 Å². The van der Waals surface area contributed by atoms with Crippen LogP contribution in [-0.4, -0.2) is 24.5 Å². The highest BCUT2D eigenvalue weighted by Gasteiger charge is 2.16. The molecule has 20 heavy (non-hydrogen) atoms. The molecule has 0 aromatic carbocycles. The molecule has 4 nitrogen and oxygen atoms in total. The van der Waals surface area contributed by atoms with Crippen LogP contribution in [-0.2, 0) is 14.3 Å². The van der Waals surface area contributed by atoms with E-state index in [2.05, 4.69) is 19.2 Å². The molecule has 0 saturated carbocycles. The fraction of sp³-hybridized carbons (Fsp3) is 0.875. The first-order chi connectivity index (χ1) is 9.61. The van der Waals surface area contributed by atoms with Gasteiger partial charge >= 0.3 is 5.97 Å². The standard InChI is InChI=1S/C16H31NO3/c1-4-6-8-9-10-12-15(18)17-14(3)16(19)20-13-11-7-5-2/h14H,4-13H2,1-3H3,(H,17,18). The third-order valence-electron chi connectivity index (χ3n) is 3.23. The summed E-state index contributed by atoms with van der Waals surface area (Å²) in [5.41, 5.74) is 0. The molecule has 0 rings (SSSR count). The molecule has 0 aliphatic heterocycles. The van der Waals surface area contributed by atoms with E-state index in [4.69, 9.17) is 4.74 Å². The van der Waals surface area contributed by atoms with Gasteiger partial charge in [-0.3, -0.25) is 4.79 Å². The molecule has 0 bridgehead atoms. The SMILES string of the molecule is CCCCCCCC(=O)NC(C)C(=O)OCCCCC. The number of nitrogens with one attached hydrogen (secondary N) is 1. The minimum Gasteiger partial charge on any atom is -0.464 e. The van der Waals surface area contributed by atoms with E-state index in [9.17, 15) is 9.59 Å². The second-order valence-corrected chi connectivity index (χ2v) is 5.33. The Kier molecular flexibility index (Phi) is 12.3. The van der Waals surface area contributed by atoms with Crippen LogP contribution in [0.2, 0.25) is 0 Å². The summed E-state index contributed by atoms with van der Waals surface area (Å²) in [6, 6.07) is -0.542. The van der Waals surface area contributed by atoms with Crippen LogP contribution in [0.4, 0.5) is 0 Å². The van der Waals surface area contributed by atoms with Gasteiger partial charge in [0, 0.05) is 6.42 Å². The average molecular weight is 285 g/mol. The number of carbonyl (C=O) groups is 2. The van der Waals surface area contributed by atoms with E-state index in [0.29, 0.717) is 13.0 Å². The summed E-state index contributed by atoms with van der Waals surface area (Å²) in [5, 5.41) is 2.70. The normalized spacial score (nSPS) is 11.9. The summed E-state index contributed by atoms with van der Waals surface area (Å²) in [7, 11) is 0. The van der Waals surface area contributed by atoms with Gasteiger partial charge < -0.3 is 10.1 Å². The van der Waals surface area contributed by atoms with Crippen LogP contribution in [0.15, 0.2) is 0 Å². The molecular weight excluding hydrogens is 254 g/mol. The maximum atomic E-state index is 11.6. The van der Waals surface area contributed by atoms with Crippen molar-refractivity contribution in [2.45, 2.75) is 84.6 Å². The van der Waals surface area contributed by atoms with Crippen LogP contribution in [0.1, 0.15) is 78.6 Å². The van der Waals surface area contributed by atoms with Crippen molar-refractivity contribution in [3.63, 3.8) is 0 Å². The summed E-state index contributed by atoms with van der Waals surface area (Å²) in [5.74, 6) is -0.389. The van der Waals surface area contributed by atoms with Crippen molar-refractivity contribution < 1.29 is 14.3 Å². The summed E-state index contributed by atoms with van der Waals surface area (Å²) in [6.07, 6.45) is 9.13. The van der Waals surface area contributed by atoms with Crippen molar-refractivity contribution >= 4 is 11.9 Å². The third kappa shape index (κ3) is 10.8. The molecule has 4 heteroatoms. The summed E-state index contributed by atoms with van der Waals surface area (Å²) in [6.45, 7) is 6.40. The Morgan fingerprint density at radius 2 is 1.55 bits per heavy atom. The Hall–Kier alpha value is -1.06. The van der Waals surface area contributed by atoms with E-state index in [1.54, 1.807) is 6.92 Å². The smallest absolute Gasteiger partial charge is 0.328 e. The minimum absolute atomic E-state index is 0.0560. The minimum atomic E-state index is -0.542. The highest BCUT2D eigenvalue weighted by Crippen LogP contribution is 2.05. The zero-order valence-corrected chi connectivity index (χ0v) is 13.4. The van der Waals surface area contributed by atoms with Crippen molar-refractivity contribution in [2.24, 2.45) is 0 Å². The Balaban J connectivity index is 3.64. The lowest BCUT2D eigenvalue weighted by molar-refractivity contribution is -0.147. The Bertz CT molecular complexity index is 266. The molecule has 1 amide bonds. The predicted molar refractivity (Wildman–Crippen MR) is 81.5 cm³/mol. The first-order valence-corrected chi connectivity index (χ1v) is 8.07. The molecule has 1 atom stereocenters. The highest BCUT2D eigenvalue weighted by molar-refractivity contribution is 5.84. The molecule has 0 radical (unpaired) electrons. The molecule has 0 aromatic heterocycles. The first kappa shape index (κ1) is 18.9. The fourth-order valence-electron chi connectivity index (χ4n) is 1.91.